The normalized spacial score (nSPS) is 17.3. The number of carbonyl (C=O) groups excluding carboxylic acids is 2. The molecule has 0 unspecified atom stereocenters. The highest BCUT2D eigenvalue weighted by molar-refractivity contribution is 5.95. The summed E-state index contributed by atoms with van der Waals surface area (Å²) in [5.41, 5.74) is 3.68. The lowest BCUT2D eigenvalue weighted by Crippen LogP contribution is -2.53. The third-order valence-electron chi connectivity index (χ3n) is 6.34. The predicted octanol–water partition coefficient (Wildman–Crippen LogP) is 2.86. The minimum absolute atomic E-state index is 0.0289. The molecule has 7 heteroatoms. The van der Waals surface area contributed by atoms with Crippen LogP contribution in [0, 0.1) is 6.92 Å². The summed E-state index contributed by atoms with van der Waals surface area (Å²) in [6, 6.07) is 15.9. The largest absolute Gasteiger partial charge is 0.380 e. The van der Waals surface area contributed by atoms with Gasteiger partial charge < -0.3 is 19.9 Å². The third-order valence-corrected chi connectivity index (χ3v) is 6.34. The first-order valence-electron chi connectivity index (χ1n) is 11.0. The summed E-state index contributed by atoms with van der Waals surface area (Å²) < 4.78 is 0. The molecule has 0 radical (unpaired) electrons. The van der Waals surface area contributed by atoms with Gasteiger partial charge in [-0.3, -0.25) is 9.59 Å². The summed E-state index contributed by atoms with van der Waals surface area (Å²) in [7, 11) is 0. The maximum absolute atomic E-state index is 12.9. The minimum atomic E-state index is -1.14. The van der Waals surface area contributed by atoms with E-state index in [1.54, 1.807) is 9.80 Å². The molecule has 1 saturated heterocycles. The van der Waals surface area contributed by atoms with E-state index in [0.717, 1.165) is 28.2 Å². The molecule has 164 valence electrons. The molecule has 1 aromatic heterocycles. The van der Waals surface area contributed by atoms with Crippen LogP contribution in [-0.2, 0) is 4.79 Å². The lowest BCUT2D eigenvalue weighted by atomic mass is 10.0. The molecule has 0 spiro atoms. The number of imidazole rings is 1. The Morgan fingerprint density at radius 2 is 1.41 bits per heavy atom. The Balaban J connectivity index is 1.22. The van der Waals surface area contributed by atoms with Crippen LogP contribution in [0.2, 0.25) is 0 Å². The molecule has 3 aromatic rings. The van der Waals surface area contributed by atoms with Crippen LogP contribution in [0.15, 0.2) is 54.7 Å². The Hall–Kier alpha value is -3.45. The number of benzene rings is 2. The highest BCUT2D eigenvalue weighted by Gasteiger charge is 2.50. The van der Waals surface area contributed by atoms with Crippen molar-refractivity contribution in [2.75, 3.05) is 26.2 Å². The third kappa shape index (κ3) is 3.91. The van der Waals surface area contributed by atoms with Gasteiger partial charge in [-0.2, -0.15) is 0 Å². The van der Waals surface area contributed by atoms with Crippen molar-refractivity contribution in [1.29, 1.82) is 0 Å². The average molecular weight is 431 g/mol. The van der Waals surface area contributed by atoms with Crippen molar-refractivity contribution in [3.8, 4) is 22.4 Å². The fourth-order valence-electron chi connectivity index (χ4n) is 4.14. The number of hydrogen-bond donors (Lipinski definition) is 2. The standard InChI is InChI=1S/C25H26N4O3/c1-17-26-16-22(27-17)20-6-2-18(3-7-20)19-4-8-21(9-5-19)23(30)28-12-14-29(15-13-28)24(31)25(32)10-11-25/h2-9,16,32H,10-15H2,1H3,(H,26,27). The number of carbonyl (C=O) groups is 2. The average Bonchev–Trinajstić information content (AvgIpc) is 3.44. The molecule has 2 aromatic carbocycles. The van der Waals surface area contributed by atoms with Crippen molar-refractivity contribution >= 4 is 11.8 Å². The maximum atomic E-state index is 12.9. The number of rotatable bonds is 4. The summed E-state index contributed by atoms with van der Waals surface area (Å²) in [4.78, 5) is 36.1. The fourth-order valence-corrected chi connectivity index (χ4v) is 4.14. The SMILES string of the molecule is Cc1ncc(-c2ccc(-c3ccc(C(=O)N4CCN(C(=O)C5(O)CC5)CC4)cc3)cc2)[nH]1. The Kier molecular flexibility index (Phi) is 5.06. The van der Waals surface area contributed by atoms with Gasteiger partial charge in [0.25, 0.3) is 11.8 Å². The molecule has 1 aliphatic heterocycles. The summed E-state index contributed by atoms with van der Waals surface area (Å²) >= 11 is 0. The first-order valence-corrected chi connectivity index (χ1v) is 11.0. The molecule has 0 atom stereocenters. The molecule has 1 aliphatic carbocycles. The maximum Gasteiger partial charge on any atom is 0.254 e. The highest BCUT2D eigenvalue weighted by Crippen LogP contribution is 2.37. The van der Waals surface area contributed by atoms with E-state index in [1.165, 1.54) is 0 Å². The zero-order valence-electron chi connectivity index (χ0n) is 18.0. The molecule has 32 heavy (non-hydrogen) atoms. The smallest absolute Gasteiger partial charge is 0.254 e. The number of nitrogens with one attached hydrogen (secondary N) is 1. The number of aromatic nitrogens is 2. The Morgan fingerprint density at radius 3 is 1.94 bits per heavy atom. The number of piperazine rings is 1. The molecule has 7 nitrogen and oxygen atoms in total. The lowest BCUT2D eigenvalue weighted by Gasteiger charge is -2.35. The number of aromatic amines is 1. The number of aliphatic hydroxyl groups is 1. The number of aryl methyl sites for hydroxylation is 1. The highest BCUT2D eigenvalue weighted by atomic mass is 16.3. The van der Waals surface area contributed by atoms with Crippen molar-refractivity contribution in [2.45, 2.75) is 25.4 Å². The summed E-state index contributed by atoms with van der Waals surface area (Å²) in [5, 5.41) is 10.0. The quantitative estimate of drug-likeness (QED) is 0.666. The van der Waals surface area contributed by atoms with Gasteiger partial charge in [0.05, 0.1) is 11.9 Å². The van der Waals surface area contributed by atoms with Crippen molar-refractivity contribution in [3.63, 3.8) is 0 Å². The molecule has 0 bridgehead atoms. The monoisotopic (exact) mass is 430 g/mol. The van der Waals surface area contributed by atoms with E-state index in [2.05, 4.69) is 34.2 Å². The van der Waals surface area contributed by atoms with E-state index in [1.807, 2.05) is 37.4 Å². The van der Waals surface area contributed by atoms with Crippen LogP contribution in [-0.4, -0.2) is 68.5 Å². The molecular formula is C25H26N4O3. The second kappa shape index (κ2) is 7.91. The van der Waals surface area contributed by atoms with Crippen LogP contribution in [0.5, 0.6) is 0 Å². The van der Waals surface area contributed by atoms with E-state index in [9.17, 15) is 14.7 Å². The van der Waals surface area contributed by atoms with Gasteiger partial charge in [-0.25, -0.2) is 4.98 Å². The lowest BCUT2D eigenvalue weighted by molar-refractivity contribution is -0.143. The van der Waals surface area contributed by atoms with Gasteiger partial charge in [0.2, 0.25) is 0 Å². The van der Waals surface area contributed by atoms with E-state index >= 15 is 0 Å². The summed E-state index contributed by atoms with van der Waals surface area (Å²) in [6.45, 7) is 3.83. The summed E-state index contributed by atoms with van der Waals surface area (Å²) in [6.07, 6.45) is 2.92. The first kappa shape index (κ1) is 20.5. The molecule has 2 aliphatic rings. The number of hydrogen-bond acceptors (Lipinski definition) is 4. The number of H-pyrrole nitrogens is 1. The second-order valence-electron chi connectivity index (χ2n) is 8.65. The van der Waals surface area contributed by atoms with Crippen LogP contribution in [0.25, 0.3) is 22.4 Å². The second-order valence-corrected chi connectivity index (χ2v) is 8.65. The fraction of sp³-hybridized carbons (Fsp3) is 0.320. The van der Waals surface area contributed by atoms with Crippen molar-refractivity contribution in [3.05, 3.63) is 66.1 Å². The molecule has 2 N–H and O–H groups in total. The van der Waals surface area contributed by atoms with Crippen molar-refractivity contribution < 1.29 is 14.7 Å². The topological polar surface area (TPSA) is 89.5 Å². The van der Waals surface area contributed by atoms with Gasteiger partial charge in [0.15, 0.2) is 0 Å². The van der Waals surface area contributed by atoms with Gasteiger partial charge in [0.1, 0.15) is 11.4 Å². The zero-order valence-corrected chi connectivity index (χ0v) is 18.0. The van der Waals surface area contributed by atoms with Gasteiger partial charge in [-0.05, 0) is 48.6 Å². The minimum Gasteiger partial charge on any atom is -0.380 e. The van der Waals surface area contributed by atoms with Crippen LogP contribution in [0.4, 0.5) is 0 Å². The van der Waals surface area contributed by atoms with E-state index in [0.29, 0.717) is 44.6 Å². The number of amides is 2. The molecule has 2 heterocycles. The Labute approximate surface area is 186 Å². The van der Waals surface area contributed by atoms with Gasteiger partial charge >= 0.3 is 0 Å². The van der Waals surface area contributed by atoms with Gasteiger partial charge in [-0.1, -0.05) is 36.4 Å². The van der Waals surface area contributed by atoms with E-state index < -0.39 is 5.60 Å². The molecular weight excluding hydrogens is 404 g/mol. The first-order chi connectivity index (χ1) is 15.4. The molecule has 5 rings (SSSR count). The molecule has 2 amide bonds. The summed E-state index contributed by atoms with van der Waals surface area (Å²) in [5.74, 6) is 0.666. The Morgan fingerprint density at radius 1 is 0.875 bits per heavy atom. The van der Waals surface area contributed by atoms with Gasteiger partial charge in [-0.15, -0.1) is 0 Å². The van der Waals surface area contributed by atoms with Gasteiger partial charge in [0, 0.05) is 31.7 Å². The van der Waals surface area contributed by atoms with Crippen LogP contribution in [0.1, 0.15) is 29.0 Å². The van der Waals surface area contributed by atoms with Crippen LogP contribution >= 0.6 is 0 Å². The van der Waals surface area contributed by atoms with Crippen LogP contribution in [0.3, 0.4) is 0 Å². The van der Waals surface area contributed by atoms with Crippen molar-refractivity contribution in [2.24, 2.45) is 0 Å². The van der Waals surface area contributed by atoms with E-state index in [-0.39, 0.29) is 11.8 Å². The number of nitrogens with zero attached hydrogens (tertiary/aromatic N) is 3. The van der Waals surface area contributed by atoms with Crippen molar-refractivity contribution in [1.82, 2.24) is 19.8 Å². The molecule has 1 saturated carbocycles. The molecule has 2 fully saturated rings. The Bertz CT molecular complexity index is 1140. The zero-order chi connectivity index (χ0) is 22.3. The van der Waals surface area contributed by atoms with E-state index in [4.69, 9.17) is 0 Å². The predicted molar refractivity (Wildman–Crippen MR) is 121 cm³/mol. The van der Waals surface area contributed by atoms with Crippen LogP contribution < -0.4 is 0 Å².